The van der Waals surface area contributed by atoms with Gasteiger partial charge in [-0.2, -0.15) is 10.5 Å². The number of ether oxygens (including phenoxy) is 1. The fourth-order valence-electron chi connectivity index (χ4n) is 4.35. The van der Waals surface area contributed by atoms with Gasteiger partial charge in [0.2, 0.25) is 5.76 Å². The lowest BCUT2D eigenvalue weighted by molar-refractivity contribution is 0.441. The van der Waals surface area contributed by atoms with Crippen LogP contribution in [0, 0.1) is 41.9 Å². The molecular weight excluding hydrogens is 518 g/mol. The molecule has 1 aliphatic carbocycles. The van der Waals surface area contributed by atoms with Gasteiger partial charge in [-0.25, -0.2) is 9.97 Å². The Morgan fingerprint density at radius 3 is 2.07 bits per heavy atom. The molecule has 0 radical (unpaired) electrons. The van der Waals surface area contributed by atoms with E-state index >= 15 is 0 Å². The van der Waals surface area contributed by atoms with Crippen molar-refractivity contribution in [2.45, 2.75) is 41.5 Å². The van der Waals surface area contributed by atoms with Gasteiger partial charge in [0.25, 0.3) is 0 Å². The van der Waals surface area contributed by atoms with Gasteiger partial charge in [-0.1, -0.05) is 68.5 Å². The Hall–Kier alpha value is -5.64. The fourth-order valence-corrected chi connectivity index (χ4v) is 4.35. The van der Waals surface area contributed by atoms with E-state index in [4.69, 9.17) is 21.7 Å². The van der Waals surface area contributed by atoms with E-state index in [-0.39, 0.29) is 11.4 Å². The smallest absolute Gasteiger partial charge is 0.200 e. The van der Waals surface area contributed by atoms with E-state index in [0.717, 1.165) is 44.6 Å². The monoisotopic (exact) mass is 551 g/mol. The van der Waals surface area contributed by atoms with Crippen molar-refractivity contribution in [2.75, 3.05) is 5.32 Å². The van der Waals surface area contributed by atoms with Crippen molar-refractivity contribution in [1.29, 1.82) is 10.5 Å². The molecule has 0 atom stereocenters. The van der Waals surface area contributed by atoms with Crippen LogP contribution in [0.25, 0.3) is 33.3 Å². The normalized spacial score (nSPS) is 11.6. The predicted molar refractivity (Wildman–Crippen MR) is 171 cm³/mol. The van der Waals surface area contributed by atoms with Crippen molar-refractivity contribution < 1.29 is 4.74 Å². The Bertz CT molecular complexity index is 1820. The summed E-state index contributed by atoms with van der Waals surface area (Å²) in [6, 6.07) is 21.8. The molecule has 1 N–H and O–H groups in total. The van der Waals surface area contributed by atoms with E-state index in [0.29, 0.717) is 17.1 Å². The number of benzene rings is 3. The minimum absolute atomic E-state index is 0.0813. The maximum absolute atomic E-state index is 9.14. The number of hydrogen-bond donors (Lipinski definition) is 1. The number of nitrogens with one attached hydrogen (secondary N) is 1. The number of fused-ring (bicyclic) bond motifs is 4. The summed E-state index contributed by atoms with van der Waals surface area (Å²) < 4.78 is 5.58. The van der Waals surface area contributed by atoms with Gasteiger partial charge < -0.3 is 10.1 Å². The highest BCUT2D eigenvalue weighted by Gasteiger charge is 2.26. The SMILES string of the molecule is C#CC1=C(/C=C\C)Nc2ccccc2O1.C/C=C\C.CC.Cc1cc2c3c(cccc3c1)-c1nc(C#N)c(C#N)nc1-2. The summed E-state index contributed by atoms with van der Waals surface area (Å²) in [6.07, 6.45) is 13.2. The van der Waals surface area contributed by atoms with Crippen LogP contribution in [0.4, 0.5) is 5.69 Å². The minimum atomic E-state index is 0.0813. The number of aryl methyl sites for hydroxylation is 1. The van der Waals surface area contributed by atoms with E-state index in [1.54, 1.807) is 0 Å². The molecule has 42 heavy (non-hydrogen) atoms. The molecule has 1 aliphatic heterocycles. The molecule has 6 heteroatoms. The summed E-state index contributed by atoms with van der Waals surface area (Å²) in [4.78, 5) is 8.74. The summed E-state index contributed by atoms with van der Waals surface area (Å²) in [5.41, 5.74) is 6.40. The summed E-state index contributed by atoms with van der Waals surface area (Å²) >= 11 is 0. The average Bonchev–Trinajstić information content (AvgIpc) is 3.34. The van der Waals surface area contributed by atoms with Crippen LogP contribution in [0.1, 0.15) is 51.6 Å². The number of nitriles is 2. The first-order valence-corrected chi connectivity index (χ1v) is 13.7. The second kappa shape index (κ2) is 14.7. The lowest BCUT2D eigenvalue weighted by Crippen LogP contribution is -2.11. The molecule has 0 spiro atoms. The number of terminal acetylenes is 1. The zero-order valence-corrected chi connectivity index (χ0v) is 24.8. The summed E-state index contributed by atoms with van der Waals surface area (Å²) in [5, 5.41) is 23.7. The van der Waals surface area contributed by atoms with E-state index in [9.17, 15) is 0 Å². The van der Waals surface area contributed by atoms with Crippen LogP contribution in [0.3, 0.4) is 0 Å². The number of anilines is 1. The van der Waals surface area contributed by atoms with Crippen molar-refractivity contribution in [3.8, 4) is 52.7 Å². The molecule has 3 aromatic carbocycles. The van der Waals surface area contributed by atoms with Crippen LogP contribution in [-0.4, -0.2) is 9.97 Å². The van der Waals surface area contributed by atoms with Crippen LogP contribution in [0.2, 0.25) is 0 Å². The highest BCUT2D eigenvalue weighted by atomic mass is 16.5. The van der Waals surface area contributed by atoms with Crippen LogP contribution in [-0.2, 0) is 0 Å². The maximum Gasteiger partial charge on any atom is 0.200 e. The number of allylic oxidation sites excluding steroid dienone is 5. The molecule has 0 saturated carbocycles. The van der Waals surface area contributed by atoms with E-state index in [1.165, 1.54) is 0 Å². The standard InChI is InChI=1S/C17H8N4.C13H11NO.C4H8.C2H6/c1-9-5-10-3-2-4-11-15(10)12(6-9)17-16(11)20-13(7-18)14(8-19)21-17;1-3-7-10-12(4-2)15-13-9-6-5-8-11(13)14-10;1-3-4-2;1-2/h2-6H,1H3;2-3,5-9,14H,1H3;3-4H,1-2H3;1-2H3/b;7-3-;4-3-;. The average molecular weight is 552 g/mol. The number of aromatic nitrogens is 2. The first-order chi connectivity index (χ1) is 20.5. The van der Waals surface area contributed by atoms with Gasteiger partial charge >= 0.3 is 0 Å². The number of rotatable bonds is 1. The van der Waals surface area contributed by atoms with E-state index < -0.39 is 0 Å². The Balaban J connectivity index is 0.000000202. The fraction of sp³-hybridized carbons (Fsp3) is 0.167. The molecule has 4 aromatic rings. The third-order valence-corrected chi connectivity index (χ3v) is 6.15. The lowest BCUT2D eigenvalue weighted by Gasteiger charge is -2.20. The second-order valence-corrected chi connectivity index (χ2v) is 8.83. The molecule has 0 fully saturated rings. The molecule has 6 nitrogen and oxygen atoms in total. The molecule has 2 heterocycles. The Labute approximate surface area is 248 Å². The van der Waals surface area contributed by atoms with Gasteiger partial charge in [-0.05, 0) is 68.8 Å². The van der Waals surface area contributed by atoms with Gasteiger partial charge in [0.15, 0.2) is 17.1 Å². The third-order valence-electron chi connectivity index (χ3n) is 6.15. The summed E-state index contributed by atoms with van der Waals surface area (Å²) in [7, 11) is 0. The molecule has 2 aliphatic rings. The van der Waals surface area contributed by atoms with Crippen molar-refractivity contribution in [1.82, 2.24) is 9.97 Å². The van der Waals surface area contributed by atoms with Gasteiger partial charge in [0.1, 0.15) is 12.1 Å². The molecule has 1 aromatic heterocycles. The highest BCUT2D eigenvalue weighted by molar-refractivity contribution is 6.13. The van der Waals surface area contributed by atoms with Crippen LogP contribution in [0.5, 0.6) is 5.75 Å². The minimum Gasteiger partial charge on any atom is -0.444 e. The number of hydrogen-bond acceptors (Lipinski definition) is 6. The molecule has 208 valence electrons. The predicted octanol–water partition coefficient (Wildman–Crippen LogP) is 8.85. The van der Waals surface area contributed by atoms with Gasteiger partial charge in [-0.15, -0.1) is 6.42 Å². The van der Waals surface area contributed by atoms with Gasteiger partial charge in [-0.3, -0.25) is 0 Å². The highest BCUT2D eigenvalue weighted by Crippen LogP contribution is 2.45. The molecule has 6 rings (SSSR count). The quantitative estimate of drug-likeness (QED) is 0.165. The Morgan fingerprint density at radius 2 is 1.48 bits per heavy atom. The Morgan fingerprint density at radius 1 is 0.833 bits per heavy atom. The van der Waals surface area contributed by atoms with Crippen molar-refractivity contribution in [2.24, 2.45) is 0 Å². The number of nitrogens with zero attached hydrogens (tertiary/aromatic N) is 4. The maximum atomic E-state index is 9.14. The first-order valence-electron chi connectivity index (χ1n) is 13.7. The lowest BCUT2D eigenvalue weighted by atomic mass is 10.0. The first kappa shape index (κ1) is 30.9. The van der Waals surface area contributed by atoms with Gasteiger partial charge in [0.05, 0.1) is 22.8 Å². The zero-order valence-electron chi connectivity index (χ0n) is 24.8. The van der Waals surface area contributed by atoms with Crippen LogP contribution in [0.15, 0.2) is 90.4 Å². The van der Waals surface area contributed by atoms with E-state index in [1.807, 2.05) is 114 Å². The molecule has 0 bridgehead atoms. The molecular formula is C36H33N5O. The third kappa shape index (κ3) is 6.39. The van der Waals surface area contributed by atoms with Crippen molar-refractivity contribution in [3.63, 3.8) is 0 Å². The van der Waals surface area contributed by atoms with E-state index in [2.05, 4.69) is 39.4 Å². The number of para-hydroxylation sites is 2. The van der Waals surface area contributed by atoms with Crippen molar-refractivity contribution >= 4 is 16.5 Å². The summed E-state index contributed by atoms with van der Waals surface area (Å²) in [6.45, 7) is 12.0. The topological polar surface area (TPSA) is 94.6 Å². The van der Waals surface area contributed by atoms with Crippen molar-refractivity contribution in [3.05, 3.63) is 107 Å². The second-order valence-electron chi connectivity index (χ2n) is 8.83. The van der Waals surface area contributed by atoms with Crippen LogP contribution >= 0.6 is 0 Å². The molecule has 0 unspecified atom stereocenters. The van der Waals surface area contributed by atoms with Gasteiger partial charge in [0, 0.05) is 16.5 Å². The zero-order chi connectivity index (χ0) is 30.6. The molecule has 0 amide bonds. The summed E-state index contributed by atoms with van der Waals surface area (Å²) in [5.74, 6) is 3.81. The Kier molecular flexibility index (Phi) is 10.8. The van der Waals surface area contributed by atoms with Crippen LogP contribution < -0.4 is 10.1 Å². The largest absolute Gasteiger partial charge is 0.444 e. The molecule has 0 saturated heterocycles.